The van der Waals surface area contributed by atoms with Gasteiger partial charge in [-0.2, -0.15) is 0 Å². The van der Waals surface area contributed by atoms with Crippen molar-refractivity contribution in [3.63, 3.8) is 0 Å². The third kappa shape index (κ3) is 3.87. The average molecular weight is 326 g/mol. The summed E-state index contributed by atoms with van der Waals surface area (Å²) >= 11 is 5.40. The largest absolute Gasteiger partial charge is 0.484 e. The van der Waals surface area contributed by atoms with Crippen LogP contribution in [-0.4, -0.2) is 24.2 Å². The van der Waals surface area contributed by atoms with Crippen LogP contribution in [0.1, 0.15) is 12.0 Å². The van der Waals surface area contributed by atoms with Gasteiger partial charge in [0.15, 0.2) is 11.7 Å². The lowest BCUT2D eigenvalue weighted by molar-refractivity contribution is -0.121. The zero-order chi connectivity index (χ0) is 16.1. The zero-order valence-corrected chi connectivity index (χ0v) is 13.5. The Balaban J connectivity index is 1.58. The fourth-order valence-corrected chi connectivity index (χ4v) is 2.94. The Morgan fingerprint density at radius 2 is 1.87 bits per heavy atom. The third-order valence-corrected chi connectivity index (χ3v) is 4.04. The molecule has 0 atom stereocenters. The van der Waals surface area contributed by atoms with E-state index >= 15 is 0 Å². The number of nitrogens with one attached hydrogen (secondary N) is 1. The van der Waals surface area contributed by atoms with Crippen LogP contribution in [-0.2, 0) is 11.2 Å². The van der Waals surface area contributed by atoms with E-state index in [9.17, 15) is 4.79 Å². The molecule has 118 valence electrons. The first-order valence-electron chi connectivity index (χ1n) is 7.61. The summed E-state index contributed by atoms with van der Waals surface area (Å²) in [6.07, 6.45) is 2.06. The third-order valence-electron chi connectivity index (χ3n) is 3.71. The fourth-order valence-electron chi connectivity index (χ4n) is 2.63. The van der Waals surface area contributed by atoms with Gasteiger partial charge in [-0.1, -0.05) is 36.4 Å². The summed E-state index contributed by atoms with van der Waals surface area (Å²) in [5.74, 6) is 0.416. The highest BCUT2D eigenvalue weighted by Gasteiger charge is 2.20. The highest BCUT2D eigenvalue weighted by Crippen LogP contribution is 2.26. The van der Waals surface area contributed by atoms with E-state index in [1.165, 1.54) is 5.56 Å². The minimum absolute atomic E-state index is 0.0559. The van der Waals surface area contributed by atoms with Crippen molar-refractivity contribution < 1.29 is 9.53 Å². The molecular weight excluding hydrogens is 308 g/mol. The van der Waals surface area contributed by atoms with Gasteiger partial charge in [-0.15, -0.1) is 0 Å². The van der Waals surface area contributed by atoms with Crippen LogP contribution in [0.3, 0.4) is 0 Å². The monoisotopic (exact) mass is 326 g/mol. The molecular formula is C18H18N2O2S. The average Bonchev–Trinajstić information content (AvgIpc) is 2.60. The van der Waals surface area contributed by atoms with Gasteiger partial charge in [0.05, 0.1) is 0 Å². The van der Waals surface area contributed by atoms with E-state index in [4.69, 9.17) is 17.0 Å². The van der Waals surface area contributed by atoms with Gasteiger partial charge < -0.3 is 9.64 Å². The number of hydrogen-bond acceptors (Lipinski definition) is 3. The molecule has 2 aromatic carbocycles. The van der Waals surface area contributed by atoms with Crippen molar-refractivity contribution in [1.29, 1.82) is 0 Å². The predicted octanol–water partition coefficient (Wildman–Crippen LogP) is 2.92. The van der Waals surface area contributed by atoms with Crippen molar-refractivity contribution in [2.75, 3.05) is 18.1 Å². The molecule has 0 unspecified atom stereocenters. The van der Waals surface area contributed by atoms with Crippen LogP contribution < -0.4 is 15.0 Å². The van der Waals surface area contributed by atoms with Crippen molar-refractivity contribution in [3.05, 3.63) is 60.2 Å². The molecule has 0 radical (unpaired) electrons. The lowest BCUT2D eigenvalue weighted by Crippen LogP contribution is -2.46. The Bertz CT molecular complexity index is 703. The first-order chi connectivity index (χ1) is 11.2. The number of rotatable bonds is 3. The van der Waals surface area contributed by atoms with E-state index in [0.29, 0.717) is 10.9 Å². The number of carbonyl (C=O) groups excluding carboxylic acids is 1. The SMILES string of the molecule is O=C(COc1ccccc1)NC(=S)N1CCCc2ccccc21. The maximum Gasteiger partial charge on any atom is 0.264 e. The number of benzene rings is 2. The molecule has 1 heterocycles. The molecule has 4 nitrogen and oxygen atoms in total. The van der Waals surface area contributed by atoms with Crippen LogP contribution in [0.2, 0.25) is 0 Å². The summed E-state index contributed by atoms with van der Waals surface area (Å²) in [7, 11) is 0. The van der Waals surface area contributed by atoms with E-state index in [2.05, 4.69) is 11.4 Å². The van der Waals surface area contributed by atoms with Gasteiger partial charge in [-0.05, 0) is 48.8 Å². The summed E-state index contributed by atoms with van der Waals surface area (Å²) in [4.78, 5) is 14.0. The summed E-state index contributed by atoms with van der Waals surface area (Å²) in [5.41, 5.74) is 2.34. The van der Waals surface area contributed by atoms with Crippen LogP contribution >= 0.6 is 12.2 Å². The van der Waals surface area contributed by atoms with Gasteiger partial charge in [-0.3, -0.25) is 10.1 Å². The summed E-state index contributed by atoms with van der Waals surface area (Å²) in [5, 5.41) is 3.18. The Hall–Kier alpha value is -2.40. The highest BCUT2D eigenvalue weighted by molar-refractivity contribution is 7.80. The minimum Gasteiger partial charge on any atom is -0.484 e. The van der Waals surface area contributed by atoms with E-state index in [1.54, 1.807) is 0 Å². The Morgan fingerprint density at radius 1 is 1.13 bits per heavy atom. The Labute approximate surface area is 141 Å². The van der Waals surface area contributed by atoms with Gasteiger partial charge in [0.2, 0.25) is 0 Å². The van der Waals surface area contributed by atoms with E-state index < -0.39 is 0 Å². The molecule has 0 fully saturated rings. The van der Waals surface area contributed by atoms with Crippen LogP contribution in [0, 0.1) is 0 Å². The molecule has 0 aliphatic carbocycles. The molecule has 2 aromatic rings. The molecule has 1 amide bonds. The number of amides is 1. The second-order valence-electron chi connectivity index (χ2n) is 5.34. The number of nitrogens with zero attached hydrogens (tertiary/aromatic N) is 1. The van der Waals surface area contributed by atoms with Gasteiger partial charge in [0.1, 0.15) is 5.75 Å². The Kier molecular flexibility index (Phi) is 4.88. The standard InChI is InChI=1S/C18H18N2O2S/c21-17(13-22-15-9-2-1-3-10-15)19-18(23)20-12-6-8-14-7-4-5-11-16(14)20/h1-5,7,9-11H,6,8,12-13H2,(H,19,21,23). The number of para-hydroxylation sites is 2. The topological polar surface area (TPSA) is 41.6 Å². The summed E-state index contributed by atoms with van der Waals surface area (Å²) in [6, 6.07) is 17.4. The number of anilines is 1. The molecule has 5 heteroatoms. The maximum absolute atomic E-state index is 12.0. The van der Waals surface area contributed by atoms with Crippen LogP contribution in [0.15, 0.2) is 54.6 Å². The lowest BCUT2D eigenvalue weighted by atomic mass is 10.0. The van der Waals surface area contributed by atoms with Crippen molar-refractivity contribution >= 4 is 28.9 Å². The summed E-state index contributed by atoms with van der Waals surface area (Å²) < 4.78 is 5.44. The number of aryl methyl sites for hydroxylation is 1. The first-order valence-corrected chi connectivity index (χ1v) is 8.02. The number of thiocarbonyl (C=S) groups is 1. The smallest absolute Gasteiger partial charge is 0.264 e. The van der Waals surface area contributed by atoms with Crippen LogP contribution in [0.4, 0.5) is 5.69 Å². The quantitative estimate of drug-likeness (QED) is 0.881. The lowest BCUT2D eigenvalue weighted by Gasteiger charge is -2.31. The molecule has 23 heavy (non-hydrogen) atoms. The highest BCUT2D eigenvalue weighted by atomic mass is 32.1. The fraction of sp³-hybridized carbons (Fsp3) is 0.222. The predicted molar refractivity (Wildman–Crippen MR) is 94.8 cm³/mol. The molecule has 3 rings (SSSR count). The molecule has 0 saturated carbocycles. The Morgan fingerprint density at radius 3 is 2.70 bits per heavy atom. The molecule has 1 N–H and O–H groups in total. The van der Waals surface area contributed by atoms with E-state index in [-0.39, 0.29) is 12.5 Å². The number of fused-ring (bicyclic) bond motifs is 1. The van der Waals surface area contributed by atoms with Crippen LogP contribution in [0.5, 0.6) is 5.75 Å². The second-order valence-corrected chi connectivity index (χ2v) is 5.73. The van der Waals surface area contributed by atoms with Crippen molar-refractivity contribution in [2.45, 2.75) is 12.8 Å². The number of carbonyl (C=O) groups is 1. The molecule has 0 saturated heterocycles. The van der Waals surface area contributed by atoms with Gasteiger partial charge in [0.25, 0.3) is 5.91 Å². The van der Waals surface area contributed by atoms with Crippen molar-refractivity contribution in [2.24, 2.45) is 0 Å². The van der Waals surface area contributed by atoms with Crippen LogP contribution in [0.25, 0.3) is 0 Å². The van der Waals surface area contributed by atoms with Gasteiger partial charge in [0, 0.05) is 12.2 Å². The second kappa shape index (κ2) is 7.24. The van der Waals surface area contributed by atoms with E-state index in [0.717, 1.165) is 25.1 Å². The van der Waals surface area contributed by atoms with Crippen molar-refractivity contribution in [3.8, 4) is 5.75 Å². The summed E-state index contributed by atoms with van der Waals surface area (Å²) in [6.45, 7) is 0.759. The van der Waals surface area contributed by atoms with Gasteiger partial charge in [-0.25, -0.2) is 0 Å². The minimum atomic E-state index is -0.248. The molecule has 0 aromatic heterocycles. The molecule has 1 aliphatic rings. The number of ether oxygens (including phenoxy) is 1. The zero-order valence-electron chi connectivity index (χ0n) is 12.7. The normalized spacial score (nSPS) is 13.1. The first kappa shape index (κ1) is 15.5. The maximum atomic E-state index is 12.0. The van der Waals surface area contributed by atoms with E-state index in [1.807, 2.05) is 53.4 Å². The molecule has 0 bridgehead atoms. The molecule has 1 aliphatic heterocycles. The van der Waals surface area contributed by atoms with Gasteiger partial charge >= 0.3 is 0 Å². The molecule has 0 spiro atoms. The van der Waals surface area contributed by atoms with Crippen molar-refractivity contribution in [1.82, 2.24) is 5.32 Å². The number of hydrogen-bond donors (Lipinski definition) is 1.